The molecule has 5 rings (SSSR count). The molecule has 2 heterocycles. The Kier molecular flexibility index (Phi) is 17.7. The molecule has 1 amide bonds. The second kappa shape index (κ2) is 22.5. The highest BCUT2D eigenvalue weighted by molar-refractivity contribution is 5.98. The fraction of sp³-hybridized carbons (Fsp3) is 0.302. The Hall–Kier alpha value is -5.14. The van der Waals surface area contributed by atoms with Gasteiger partial charge in [0.25, 0.3) is 0 Å². The number of anilines is 2. The van der Waals surface area contributed by atoms with E-state index < -0.39 is 6.04 Å². The molecule has 2 aromatic heterocycles. The molecule has 3 unspecified atom stereocenters. The number of nitrogens with one attached hydrogen (secondary N) is 1. The van der Waals surface area contributed by atoms with Crippen LogP contribution in [0.3, 0.4) is 0 Å². The lowest BCUT2D eigenvalue weighted by atomic mass is 9.86. The molecule has 0 radical (unpaired) electrons. The molecule has 7 nitrogen and oxygen atoms in total. The topological polar surface area (TPSA) is 124 Å². The van der Waals surface area contributed by atoms with Gasteiger partial charge in [-0.25, -0.2) is 4.98 Å². The minimum atomic E-state index is -0.591. The molecule has 1 saturated carbocycles. The number of aryl methyl sites for hydroxylation is 1. The minimum Gasteiger partial charge on any atom is -0.384 e. The second-order valence-corrected chi connectivity index (χ2v) is 12.4. The van der Waals surface area contributed by atoms with Gasteiger partial charge in [-0.2, -0.15) is 0 Å². The van der Waals surface area contributed by atoms with E-state index in [2.05, 4.69) is 41.4 Å². The molecule has 2 aromatic carbocycles. The van der Waals surface area contributed by atoms with Gasteiger partial charge in [-0.15, -0.1) is 0 Å². The number of nitrogens with two attached hydrogens (primary N) is 2. The summed E-state index contributed by atoms with van der Waals surface area (Å²) >= 11 is 0. The Morgan fingerprint density at radius 1 is 0.880 bits per heavy atom. The van der Waals surface area contributed by atoms with Crippen molar-refractivity contribution in [2.45, 2.75) is 64.3 Å². The number of benzene rings is 2. The standard InChI is InChI=1S/C33H42N2O2.C5H6N2.C5H5N/c1-4-13-25(6-3)26(14-5-2)21-22-27-17-10-11-20-31(27)35-33(37)29-19-12-18-28(29)32(36)30(34)23-24-15-8-7-9-16-24;6-5-3-1-2-4-7-5;1-2-4-6-5-3-1/h4,6-11,13,15-17,20,26,28-30H,1,3,5,12,14,18-19,21-23,34H2,2H3,(H,35,37);1-4H,(H2,6,7);1-5H/b25-13+;;/t26?,28?,29?,30-;;/m0../s1. The van der Waals surface area contributed by atoms with Crippen LogP contribution < -0.4 is 16.8 Å². The number of ketones is 1. The third-order valence-corrected chi connectivity index (χ3v) is 8.83. The number of nitrogen functional groups attached to an aromatic ring is 1. The van der Waals surface area contributed by atoms with Gasteiger partial charge in [0.15, 0.2) is 5.78 Å². The van der Waals surface area contributed by atoms with Crippen molar-refractivity contribution in [2.24, 2.45) is 23.5 Å². The number of hydrogen-bond acceptors (Lipinski definition) is 6. The Labute approximate surface area is 298 Å². The van der Waals surface area contributed by atoms with Crippen molar-refractivity contribution in [1.29, 1.82) is 0 Å². The van der Waals surface area contributed by atoms with Gasteiger partial charge in [0.1, 0.15) is 5.82 Å². The average molecular weight is 672 g/mol. The number of nitrogens with zero attached hydrogens (tertiary/aromatic N) is 2. The summed E-state index contributed by atoms with van der Waals surface area (Å²) in [6, 6.07) is 28.4. The summed E-state index contributed by atoms with van der Waals surface area (Å²) in [4.78, 5) is 34.2. The number of para-hydroxylation sites is 1. The van der Waals surface area contributed by atoms with Crippen LogP contribution in [0, 0.1) is 17.8 Å². The van der Waals surface area contributed by atoms with Crippen LogP contribution in [0.5, 0.6) is 0 Å². The van der Waals surface area contributed by atoms with Gasteiger partial charge in [-0.05, 0) is 91.5 Å². The highest BCUT2D eigenvalue weighted by Crippen LogP contribution is 2.35. The van der Waals surface area contributed by atoms with Gasteiger partial charge in [-0.3, -0.25) is 14.6 Å². The summed E-state index contributed by atoms with van der Waals surface area (Å²) in [5.41, 5.74) is 15.8. The molecule has 262 valence electrons. The zero-order chi connectivity index (χ0) is 36.0. The summed E-state index contributed by atoms with van der Waals surface area (Å²) in [6.45, 7) is 10.0. The maximum absolute atomic E-state index is 13.4. The lowest BCUT2D eigenvalue weighted by Crippen LogP contribution is -2.41. The molecule has 1 aliphatic carbocycles. The van der Waals surface area contributed by atoms with Crippen molar-refractivity contribution in [1.82, 2.24) is 9.97 Å². The highest BCUT2D eigenvalue weighted by atomic mass is 16.2. The Morgan fingerprint density at radius 3 is 2.12 bits per heavy atom. The van der Waals surface area contributed by atoms with E-state index in [-0.39, 0.29) is 23.5 Å². The Balaban J connectivity index is 0.000000429. The first-order valence-electron chi connectivity index (χ1n) is 17.6. The zero-order valence-corrected chi connectivity index (χ0v) is 29.4. The van der Waals surface area contributed by atoms with Gasteiger partial charge < -0.3 is 16.8 Å². The monoisotopic (exact) mass is 671 g/mol. The number of carbonyl (C=O) groups excluding carboxylic acids is 2. The van der Waals surface area contributed by atoms with Gasteiger partial charge in [0, 0.05) is 36.1 Å². The van der Waals surface area contributed by atoms with Gasteiger partial charge >= 0.3 is 0 Å². The summed E-state index contributed by atoms with van der Waals surface area (Å²) in [5, 5.41) is 3.17. The van der Waals surface area contributed by atoms with E-state index in [1.54, 1.807) is 24.7 Å². The Morgan fingerprint density at radius 2 is 1.54 bits per heavy atom. The van der Waals surface area contributed by atoms with Gasteiger partial charge in [0.05, 0.1) is 6.04 Å². The molecule has 0 bridgehead atoms. The average Bonchev–Trinajstić information content (AvgIpc) is 3.65. The molecule has 0 aliphatic heterocycles. The van der Waals surface area contributed by atoms with E-state index in [9.17, 15) is 9.59 Å². The Bertz CT molecular complexity index is 1580. The number of Topliss-reactive ketones (excluding diaryl/α,β-unsaturated/α-hetero) is 1. The molecular formula is C43H53N5O2. The van der Waals surface area contributed by atoms with E-state index in [0.717, 1.165) is 61.8 Å². The number of allylic oxidation sites excluding steroid dienone is 4. The third-order valence-electron chi connectivity index (χ3n) is 8.83. The summed E-state index contributed by atoms with van der Waals surface area (Å²) in [5.74, 6) is 0.244. The van der Waals surface area contributed by atoms with Crippen molar-refractivity contribution in [3.8, 4) is 0 Å². The quantitative estimate of drug-likeness (QED) is 0.115. The van der Waals surface area contributed by atoms with Crippen LogP contribution in [0.2, 0.25) is 0 Å². The van der Waals surface area contributed by atoms with E-state index in [1.807, 2.05) is 97.1 Å². The predicted octanol–water partition coefficient (Wildman–Crippen LogP) is 8.57. The van der Waals surface area contributed by atoms with Crippen molar-refractivity contribution in [2.75, 3.05) is 11.1 Å². The second-order valence-electron chi connectivity index (χ2n) is 12.4. The van der Waals surface area contributed by atoms with Crippen LogP contribution in [0.25, 0.3) is 0 Å². The van der Waals surface area contributed by atoms with E-state index >= 15 is 0 Å². The SMILES string of the molecule is C=C/C=C(\C=C)C(CCC)CCc1ccccc1NC(=O)C1CCCC1C(=O)[C@@H](N)Cc1ccccc1.Nc1ccccn1.c1ccncc1. The van der Waals surface area contributed by atoms with Crippen LogP contribution in [-0.2, 0) is 22.4 Å². The molecule has 0 spiro atoms. The van der Waals surface area contributed by atoms with Crippen molar-refractivity contribution >= 4 is 23.2 Å². The molecule has 1 fully saturated rings. The van der Waals surface area contributed by atoms with Crippen LogP contribution in [-0.4, -0.2) is 27.7 Å². The molecule has 50 heavy (non-hydrogen) atoms. The lowest BCUT2D eigenvalue weighted by Gasteiger charge is -2.23. The van der Waals surface area contributed by atoms with Crippen LogP contribution in [0.4, 0.5) is 11.5 Å². The zero-order valence-electron chi connectivity index (χ0n) is 29.4. The van der Waals surface area contributed by atoms with Crippen LogP contribution in [0.1, 0.15) is 56.6 Å². The molecule has 4 aromatic rings. The minimum absolute atomic E-state index is 0.00292. The van der Waals surface area contributed by atoms with E-state index in [4.69, 9.17) is 11.5 Å². The smallest absolute Gasteiger partial charge is 0.228 e. The van der Waals surface area contributed by atoms with Crippen molar-refractivity contribution < 1.29 is 9.59 Å². The first-order chi connectivity index (χ1) is 24.4. The van der Waals surface area contributed by atoms with E-state index in [0.29, 0.717) is 18.2 Å². The first-order valence-corrected chi connectivity index (χ1v) is 17.6. The maximum Gasteiger partial charge on any atom is 0.228 e. The first kappa shape index (κ1) is 39.3. The number of amides is 1. The van der Waals surface area contributed by atoms with Crippen LogP contribution >= 0.6 is 0 Å². The molecule has 5 N–H and O–H groups in total. The summed E-state index contributed by atoms with van der Waals surface area (Å²) in [7, 11) is 0. The normalized spacial score (nSPS) is 16.3. The third kappa shape index (κ3) is 13.4. The predicted molar refractivity (Wildman–Crippen MR) is 207 cm³/mol. The number of carbonyl (C=O) groups is 2. The number of pyridine rings is 2. The fourth-order valence-corrected chi connectivity index (χ4v) is 6.29. The van der Waals surface area contributed by atoms with E-state index in [1.165, 1.54) is 5.57 Å². The van der Waals surface area contributed by atoms with Gasteiger partial charge in [-0.1, -0.05) is 112 Å². The molecular weight excluding hydrogens is 619 g/mol. The summed E-state index contributed by atoms with van der Waals surface area (Å²) in [6.07, 6.45) is 17.7. The van der Waals surface area contributed by atoms with Crippen molar-refractivity contribution in [3.05, 3.63) is 158 Å². The van der Waals surface area contributed by atoms with Gasteiger partial charge in [0.2, 0.25) is 5.91 Å². The molecule has 4 atom stereocenters. The number of rotatable bonds is 14. The number of aromatic nitrogens is 2. The number of hydrogen-bond donors (Lipinski definition) is 3. The summed E-state index contributed by atoms with van der Waals surface area (Å²) < 4.78 is 0. The highest BCUT2D eigenvalue weighted by Gasteiger charge is 2.39. The fourth-order valence-electron chi connectivity index (χ4n) is 6.29. The van der Waals surface area contributed by atoms with Crippen LogP contribution in [0.15, 0.2) is 147 Å². The largest absolute Gasteiger partial charge is 0.384 e. The molecule has 7 heteroatoms. The maximum atomic E-state index is 13.4. The lowest BCUT2D eigenvalue weighted by molar-refractivity contribution is -0.130. The molecule has 1 aliphatic rings. The molecule has 0 saturated heterocycles. The van der Waals surface area contributed by atoms with Crippen molar-refractivity contribution in [3.63, 3.8) is 0 Å².